The van der Waals surface area contributed by atoms with E-state index in [2.05, 4.69) is 10.6 Å². The molecule has 2 N–H and O–H groups in total. The Labute approximate surface area is 121 Å². The van der Waals surface area contributed by atoms with Gasteiger partial charge in [0, 0.05) is 25.5 Å². The summed E-state index contributed by atoms with van der Waals surface area (Å²) in [6.07, 6.45) is 6.48. The van der Waals surface area contributed by atoms with E-state index >= 15 is 0 Å². The minimum atomic E-state index is -3.59. The lowest BCUT2D eigenvalue weighted by molar-refractivity contribution is 0.151. The quantitative estimate of drug-likeness (QED) is 0.724. The second-order valence-corrected chi connectivity index (χ2v) is 7.50. The molecule has 7 heteroatoms. The average molecular weight is 303 g/mol. The van der Waals surface area contributed by atoms with Gasteiger partial charge in [0.2, 0.25) is 0 Å². The summed E-state index contributed by atoms with van der Waals surface area (Å²) in [7, 11) is -1.74. The molecule has 0 saturated carbocycles. The van der Waals surface area contributed by atoms with Crippen LogP contribution in [0.4, 0.5) is 0 Å². The van der Waals surface area contributed by atoms with Crippen molar-refractivity contribution in [2.45, 2.75) is 50.9 Å². The number of rotatable bonds is 5. The normalized spacial score (nSPS) is 32.1. The van der Waals surface area contributed by atoms with Crippen molar-refractivity contribution >= 4 is 10.1 Å². The Bertz CT molecular complexity index is 459. The van der Waals surface area contributed by atoms with E-state index in [0.717, 1.165) is 25.8 Å². The van der Waals surface area contributed by atoms with E-state index in [1.807, 2.05) is 32.0 Å². The highest BCUT2D eigenvalue weighted by Gasteiger charge is 2.37. The van der Waals surface area contributed by atoms with Crippen LogP contribution in [-0.2, 0) is 14.3 Å². The summed E-state index contributed by atoms with van der Waals surface area (Å²) in [5.41, 5.74) is -0.640. The second-order valence-electron chi connectivity index (χ2n) is 5.90. The molecule has 0 amide bonds. The first-order valence-electron chi connectivity index (χ1n) is 7.14. The van der Waals surface area contributed by atoms with E-state index in [4.69, 9.17) is 4.18 Å². The molecule has 0 aromatic carbocycles. The Kier molecular flexibility index (Phi) is 4.61. The lowest BCUT2D eigenvalue weighted by Crippen LogP contribution is -2.53. The highest BCUT2D eigenvalue weighted by Crippen LogP contribution is 2.21. The van der Waals surface area contributed by atoms with Gasteiger partial charge in [-0.05, 0) is 33.2 Å². The van der Waals surface area contributed by atoms with Crippen molar-refractivity contribution in [3.8, 4) is 0 Å². The average Bonchev–Trinajstić information content (AvgIpc) is 2.68. The molecular formula is C13H25N3O3S. The van der Waals surface area contributed by atoms with Crippen molar-refractivity contribution in [2.24, 2.45) is 0 Å². The summed E-state index contributed by atoms with van der Waals surface area (Å²) in [5.74, 6) is -0.0828. The van der Waals surface area contributed by atoms with Crippen LogP contribution in [0, 0.1) is 0 Å². The predicted octanol–water partition coefficient (Wildman–Crippen LogP) is 0.586. The fraction of sp³-hybridized carbons (Fsp3) is 0.846. The Balaban J connectivity index is 1.93. The molecule has 2 aliphatic rings. The van der Waals surface area contributed by atoms with Gasteiger partial charge in [0.15, 0.2) is 0 Å². The smallest absolute Gasteiger partial charge is 0.271 e. The van der Waals surface area contributed by atoms with Crippen molar-refractivity contribution in [3.63, 3.8) is 0 Å². The van der Waals surface area contributed by atoms with Crippen LogP contribution in [0.3, 0.4) is 0 Å². The minimum absolute atomic E-state index is 0.0828. The van der Waals surface area contributed by atoms with Crippen LogP contribution in [0.1, 0.15) is 33.1 Å². The molecule has 0 aromatic rings. The molecule has 116 valence electrons. The van der Waals surface area contributed by atoms with Crippen molar-refractivity contribution in [3.05, 3.63) is 12.4 Å². The minimum Gasteiger partial charge on any atom is -0.367 e. The first kappa shape index (κ1) is 15.6. The van der Waals surface area contributed by atoms with E-state index in [1.54, 1.807) is 6.20 Å². The molecule has 2 heterocycles. The molecule has 3 atom stereocenters. The summed E-state index contributed by atoms with van der Waals surface area (Å²) in [5, 5.41) is 6.39. The van der Waals surface area contributed by atoms with Gasteiger partial charge >= 0.3 is 0 Å². The van der Waals surface area contributed by atoms with E-state index in [-0.39, 0.29) is 17.9 Å². The summed E-state index contributed by atoms with van der Waals surface area (Å²) < 4.78 is 29.9. The maximum atomic E-state index is 12.2. The van der Waals surface area contributed by atoms with Crippen LogP contribution in [0.2, 0.25) is 0 Å². The third-order valence-electron chi connectivity index (χ3n) is 4.14. The number of hydrogen-bond acceptors (Lipinski definition) is 6. The van der Waals surface area contributed by atoms with Gasteiger partial charge in [0.25, 0.3) is 10.1 Å². The zero-order valence-corrected chi connectivity index (χ0v) is 13.2. The molecular weight excluding hydrogens is 278 g/mol. The summed E-state index contributed by atoms with van der Waals surface area (Å²) >= 11 is 0. The van der Waals surface area contributed by atoms with Crippen LogP contribution in [0.15, 0.2) is 12.4 Å². The van der Waals surface area contributed by atoms with Gasteiger partial charge in [-0.3, -0.25) is 4.18 Å². The fourth-order valence-corrected chi connectivity index (χ4v) is 4.33. The molecule has 20 heavy (non-hydrogen) atoms. The Hall–Kier alpha value is -0.790. The van der Waals surface area contributed by atoms with Crippen LogP contribution in [-0.4, -0.2) is 50.5 Å². The highest BCUT2D eigenvalue weighted by molar-refractivity contribution is 7.86. The van der Waals surface area contributed by atoms with Crippen LogP contribution >= 0.6 is 0 Å². The van der Waals surface area contributed by atoms with Gasteiger partial charge in [0.05, 0.1) is 6.10 Å². The molecule has 1 fully saturated rings. The van der Waals surface area contributed by atoms with Gasteiger partial charge in [-0.25, -0.2) is 0 Å². The Morgan fingerprint density at radius 3 is 2.80 bits per heavy atom. The van der Waals surface area contributed by atoms with Gasteiger partial charge in [0.1, 0.15) is 11.4 Å². The Morgan fingerprint density at radius 2 is 2.25 bits per heavy atom. The van der Waals surface area contributed by atoms with Crippen molar-refractivity contribution < 1.29 is 12.6 Å². The van der Waals surface area contributed by atoms with Crippen LogP contribution in [0.25, 0.3) is 0 Å². The highest BCUT2D eigenvalue weighted by atomic mass is 32.2. The third-order valence-corrected chi connectivity index (χ3v) is 5.65. The lowest BCUT2D eigenvalue weighted by Gasteiger charge is -2.34. The van der Waals surface area contributed by atoms with E-state index in [9.17, 15) is 8.42 Å². The number of nitrogens with one attached hydrogen (secondary N) is 2. The molecule has 0 aromatic heterocycles. The zero-order chi connectivity index (χ0) is 14.8. The van der Waals surface area contributed by atoms with Gasteiger partial charge in [-0.1, -0.05) is 6.42 Å². The molecule has 2 aliphatic heterocycles. The van der Waals surface area contributed by atoms with Gasteiger partial charge < -0.3 is 15.5 Å². The first-order chi connectivity index (χ1) is 9.32. The van der Waals surface area contributed by atoms with E-state index in [1.165, 1.54) is 0 Å². The van der Waals surface area contributed by atoms with Crippen LogP contribution in [0.5, 0.6) is 0 Å². The molecule has 0 radical (unpaired) electrons. The topological polar surface area (TPSA) is 70.7 Å². The molecule has 6 nitrogen and oxygen atoms in total. The number of hydrogen-bond donors (Lipinski definition) is 2. The lowest BCUT2D eigenvalue weighted by atomic mass is 10.0. The molecule has 1 saturated heterocycles. The van der Waals surface area contributed by atoms with E-state index < -0.39 is 15.8 Å². The van der Waals surface area contributed by atoms with Crippen molar-refractivity contribution in [2.75, 3.05) is 19.3 Å². The van der Waals surface area contributed by atoms with Crippen molar-refractivity contribution in [1.82, 2.24) is 15.5 Å². The fourth-order valence-electron chi connectivity index (χ4n) is 2.69. The number of nitrogens with zero attached hydrogens (tertiary/aromatic N) is 1. The van der Waals surface area contributed by atoms with Crippen LogP contribution < -0.4 is 10.6 Å². The molecule has 0 spiro atoms. The summed E-state index contributed by atoms with van der Waals surface area (Å²) in [6, 6.07) is 0.124. The third kappa shape index (κ3) is 3.65. The first-order valence-corrected chi connectivity index (χ1v) is 8.72. The van der Waals surface area contributed by atoms with Gasteiger partial charge in [-0.15, -0.1) is 0 Å². The standard InChI is InChI=1S/C13H25N3O3S/c1-11(12-6-4-5-7-14-12)19-20(17,18)10-13(2)15-8-9-16(13)3/h8-9,11-12,14-15H,4-7,10H2,1-3H3. The molecule has 0 aliphatic carbocycles. The SMILES string of the molecule is CC(OS(=O)(=O)CC1(C)NC=CN1C)C1CCCCN1. The van der Waals surface area contributed by atoms with Gasteiger partial charge in [-0.2, -0.15) is 8.42 Å². The number of piperidine rings is 1. The molecule has 3 unspecified atom stereocenters. The molecule has 2 rings (SSSR count). The second kappa shape index (κ2) is 5.91. The Morgan fingerprint density at radius 1 is 1.50 bits per heavy atom. The maximum absolute atomic E-state index is 12.2. The maximum Gasteiger partial charge on any atom is 0.271 e. The van der Waals surface area contributed by atoms with Crippen molar-refractivity contribution in [1.29, 1.82) is 0 Å². The molecule has 0 bridgehead atoms. The van der Waals surface area contributed by atoms with E-state index in [0.29, 0.717) is 0 Å². The zero-order valence-electron chi connectivity index (χ0n) is 12.4. The largest absolute Gasteiger partial charge is 0.367 e. The summed E-state index contributed by atoms with van der Waals surface area (Å²) in [4.78, 5) is 1.84. The monoisotopic (exact) mass is 303 g/mol. The summed E-state index contributed by atoms with van der Waals surface area (Å²) in [6.45, 7) is 4.61. The predicted molar refractivity (Wildman–Crippen MR) is 78.4 cm³/mol.